The van der Waals surface area contributed by atoms with Crippen LogP contribution in [0.25, 0.3) is 0 Å². The third kappa shape index (κ3) is 3.05. The van der Waals surface area contributed by atoms with E-state index in [0.29, 0.717) is 5.92 Å². The Morgan fingerprint density at radius 2 is 2.00 bits per heavy atom. The van der Waals surface area contributed by atoms with Gasteiger partial charge in [0.2, 0.25) is 5.91 Å². The fourth-order valence-electron chi connectivity index (χ4n) is 2.44. The van der Waals surface area contributed by atoms with E-state index in [1.807, 2.05) is 17.0 Å². The number of likely N-dealkylation sites (tertiary alicyclic amines) is 1. The number of benzene rings is 1. The summed E-state index contributed by atoms with van der Waals surface area (Å²) in [5, 5.41) is 0. The van der Waals surface area contributed by atoms with E-state index in [1.54, 1.807) is 6.92 Å². The Balaban J connectivity index is 2.13. The minimum Gasteiger partial charge on any atom is -0.342 e. The highest BCUT2D eigenvalue weighted by Crippen LogP contribution is 2.26. The van der Waals surface area contributed by atoms with Crippen molar-refractivity contribution in [3.8, 4) is 0 Å². The Morgan fingerprint density at radius 3 is 2.65 bits per heavy atom. The first-order valence-electron chi connectivity index (χ1n) is 6.18. The summed E-state index contributed by atoms with van der Waals surface area (Å²) in [6, 6.07) is 6.67. The third-order valence-corrected chi connectivity index (χ3v) is 3.46. The highest BCUT2D eigenvalue weighted by molar-refractivity contribution is 5.73. The van der Waals surface area contributed by atoms with E-state index in [4.69, 9.17) is 0 Å². The molecule has 1 atom stereocenters. The van der Waals surface area contributed by atoms with E-state index in [0.717, 1.165) is 37.9 Å². The van der Waals surface area contributed by atoms with Crippen LogP contribution < -0.4 is 0 Å². The van der Waals surface area contributed by atoms with Crippen LogP contribution in [0.3, 0.4) is 0 Å². The molecule has 1 amide bonds. The van der Waals surface area contributed by atoms with Gasteiger partial charge in [-0.3, -0.25) is 4.79 Å². The van der Waals surface area contributed by atoms with Crippen LogP contribution in [0.2, 0.25) is 0 Å². The van der Waals surface area contributed by atoms with Gasteiger partial charge in [0.15, 0.2) is 0 Å². The smallest absolute Gasteiger partial charge is 0.219 e. The lowest BCUT2D eigenvalue weighted by Gasteiger charge is -2.23. The Morgan fingerprint density at radius 1 is 1.29 bits per heavy atom. The fourth-order valence-corrected chi connectivity index (χ4v) is 2.44. The van der Waals surface area contributed by atoms with Gasteiger partial charge in [0.25, 0.3) is 0 Å². The molecule has 92 valence electrons. The van der Waals surface area contributed by atoms with Gasteiger partial charge in [0, 0.05) is 25.9 Å². The van der Waals surface area contributed by atoms with Crippen molar-refractivity contribution in [2.24, 2.45) is 0 Å². The Kier molecular flexibility index (Phi) is 3.77. The summed E-state index contributed by atoms with van der Waals surface area (Å²) in [6.07, 6.45) is 3.28. The summed E-state index contributed by atoms with van der Waals surface area (Å²) >= 11 is 0. The van der Waals surface area contributed by atoms with E-state index in [2.05, 4.69) is 0 Å². The van der Waals surface area contributed by atoms with Gasteiger partial charge in [-0.25, -0.2) is 4.39 Å². The molecule has 1 saturated heterocycles. The average molecular weight is 235 g/mol. The van der Waals surface area contributed by atoms with Gasteiger partial charge in [-0.15, -0.1) is 0 Å². The van der Waals surface area contributed by atoms with Crippen molar-refractivity contribution in [1.29, 1.82) is 0 Å². The van der Waals surface area contributed by atoms with Gasteiger partial charge in [-0.05, 0) is 30.5 Å². The zero-order valence-corrected chi connectivity index (χ0v) is 10.2. The maximum absolute atomic E-state index is 12.9. The molecule has 1 unspecified atom stereocenters. The molecule has 0 saturated carbocycles. The lowest BCUT2D eigenvalue weighted by Crippen LogP contribution is -2.32. The molecule has 1 aromatic rings. The molecule has 0 bridgehead atoms. The van der Waals surface area contributed by atoms with Crippen molar-refractivity contribution >= 4 is 5.91 Å². The number of nitrogens with zero attached hydrogens (tertiary/aromatic N) is 1. The Labute approximate surface area is 101 Å². The van der Waals surface area contributed by atoms with Crippen LogP contribution in [-0.4, -0.2) is 23.9 Å². The summed E-state index contributed by atoms with van der Waals surface area (Å²) < 4.78 is 12.9. The van der Waals surface area contributed by atoms with Crippen LogP contribution in [-0.2, 0) is 4.79 Å². The summed E-state index contributed by atoms with van der Waals surface area (Å²) in [6.45, 7) is 3.24. The van der Waals surface area contributed by atoms with Gasteiger partial charge in [0.1, 0.15) is 5.82 Å². The van der Waals surface area contributed by atoms with Crippen LogP contribution in [0, 0.1) is 5.82 Å². The molecule has 0 aromatic heterocycles. The maximum Gasteiger partial charge on any atom is 0.219 e. The molecule has 0 spiro atoms. The summed E-state index contributed by atoms with van der Waals surface area (Å²) in [5.41, 5.74) is 1.14. The Hall–Kier alpha value is -1.38. The molecule has 2 rings (SSSR count). The zero-order chi connectivity index (χ0) is 12.3. The quantitative estimate of drug-likeness (QED) is 0.733. The molecule has 2 nitrogen and oxygen atoms in total. The largest absolute Gasteiger partial charge is 0.342 e. The molecule has 0 radical (unpaired) electrons. The topological polar surface area (TPSA) is 20.3 Å². The maximum atomic E-state index is 12.9. The van der Waals surface area contributed by atoms with Gasteiger partial charge < -0.3 is 4.90 Å². The number of carbonyl (C=O) groups is 1. The first kappa shape index (κ1) is 12.1. The molecule has 17 heavy (non-hydrogen) atoms. The monoisotopic (exact) mass is 235 g/mol. The van der Waals surface area contributed by atoms with E-state index in [-0.39, 0.29) is 11.7 Å². The molecule has 1 aliphatic rings. The highest BCUT2D eigenvalue weighted by Gasteiger charge is 2.20. The van der Waals surface area contributed by atoms with Gasteiger partial charge in [-0.2, -0.15) is 0 Å². The van der Waals surface area contributed by atoms with Crippen LogP contribution in [0.1, 0.15) is 37.7 Å². The van der Waals surface area contributed by atoms with Crippen LogP contribution in [0.15, 0.2) is 24.3 Å². The first-order chi connectivity index (χ1) is 8.16. The SMILES string of the molecule is CC(=O)N1CCCCC(c2ccc(F)cc2)C1. The van der Waals surface area contributed by atoms with Crippen molar-refractivity contribution in [1.82, 2.24) is 4.90 Å². The van der Waals surface area contributed by atoms with Crippen molar-refractivity contribution in [2.75, 3.05) is 13.1 Å². The van der Waals surface area contributed by atoms with Crippen molar-refractivity contribution < 1.29 is 9.18 Å². The minimum absolute atomic E-state index is 0.138. The molecule has 3 heteroatoms. The highest BCUT2D eigenvalue weighted by atomic mass is 19.1. The Bertz CT molecular complexity index is 388. The molecule has 1 aliphatic heterocycles. The summed E-state index contributed by atoms with van der Waals surface area (Å²) in [7, 11) is 0. The molecular formula is C14H18FNO. The van der Waals surface area contributed by atoms with E-state index in [1.165, 1.54) is 12.1 Å². The van der Waals surface area contributed by atoms with Crippen molar-refractivity contribution in [3.05, 3.63) is 35.6 Å². The number of carbonyl (C=O) groups excluding carboxylic acids is 1. The predicted molar refractivity (Wildman–Crippen MR) is 65.2 cm³/mol. The van der Waals surface area contributed by atoms with Gasteiger partial charge in [-0.1, -0.05) is 18.6 Å². The second kappa shape index (κ2) is 5.30. The number of rotatable bonds is 1. The minimum atomic E-state index is -0.203. The lowest BCUT2D eigenvalue weighted by atomic mass is 9.94. The molecule has 1 heterocycles. The third-order valence-electron chi connectivity index (χ3n) is 3.46. The second-order valence-electron chi connectivity index (χ2n) is 4.71. The molecule has 0 N–H and O–H groups in total. The summed E-state index contributed by atoms with van der Waals surface area (Å²) in [4.78, 5) is 13.4. The number of hydrogen-bond acceptors (Lipinski definition) is 1. The van der Waals surface area contributed by atoms with E-state index in [9.17, 15) is 9.18 Å². The van der Waals surface area contributed by atoms with Crippen LogP contribution in [0.4, 0.5) is 4.39 Å². The van der Waals surface area contributed by atoms with E-state index < -0.39 is 0 Å². The van der Waals surface area contributed by atoms with Gasteiger partial charge >= 0.3 is 0 Å². The molecule has 0 aliphatic carbocycles. The number of halogens is 1. The number of hydrogen-bond donors (Lipinski definition) is 0. The predicted octanol–water partition coefficient (Wildman–Crippen LogP) is 2.94. The standard InChI is InChI=1S/C14H18FNO/c1-11(17)16-9-3-2-4-13(10-16)12-5-7-14(15)8-6-12/h5-8,13H,2-4,9-10H2,1H3. The second-order valence-corrected chi connectivity index (χ2v) is 4.71. The normalized spacial score (nSPS) is 21.1. The zero-order valence-electron chi connectivity index (χ0n) is 10.2. The lowest BCUT2D eigenvalue weighted by molar-refractivity contribution is -0.128. The fraction of sp³-hybridized carbons (Fsp3) is 0.500. The van der Waals surface area contributed by atoms with Gasteiger partial charge in [0.05, 0.1) is 0 Å². The van der Waals surface area contributed by atoms with Crippen LogP contribution >= 0.6 is 0 Å². The molecule has 1 aromatic carbocycles. The molecule has 1 fully saturated rings. The summed E-state index contributed by atoms with van der Waals surface area (Å²) in [5.74, 6) is 0.284. The average Bonchev–Trinajstić information content (AvgIpc) is 2.55. The van der Waals surface area contributed by atoms with E-state index >= 15 is 0 Å². The van der Waals surface area contributed by atoms with Crippen molar-refractivity contribution in [2.45, 2.75) is 32.1 Å². The van der Waals surface area contributed by atoms with Crippen molar-refractivity contribution in [3.63, 3.8) is 0 Å². The molecular weight excluding hydrogens is 217 g/mol. The number of amides is 1. The first-order valence-corrected chi connectivity index (χ1v) is 6.18. The van der Waals surface area contributed by atoms with Crippen LogP contribution in [0.5, 0.6) is 0 Å².